The van der Waals surface area contributed by atoms with E-state index < -0.39 is 0 Å². The van der Waals surface area contributed by atoms with Crippen LogP contribution in [0.4, 0.5) is 5.69 Å². The molecule has 1 aromatic carbocycles. The largest absolute Gasteiger partial charge is 0.357 e. The second kappa shape index (κ2) is 3.57. The third-order valence-corrected chi connectivity index (χ3v) is 3.16. The number of para-hydroxylation sites is 1. The second-order valence-electron chi connectivity index (χ2n) is 4.15. The van der Waals surface area contributed by atoms with E-state index in [0.717, 1.165) is 0 Å². The quantitative estimate of drug-likeness (QED) is 0.591. The van der Waals surface area contributed by atoms with Gasteiger partial charge in [-0.15, -0.1) is 0 Å². The Morgan fingerprint density at radius 2 is 1.88 bits per heavy atom. The Balaban J connectivity index is 2.24. The lowest BCUT2D eigenvalue weighted by Crippen LogP contribution is -2.28. The van der Waals surface area contributed by atoms with Crippen molar-refractivity contribution in [3.8, 4) is 11.8 Å². The standard InChI is InChI=1S/C15H13N/c1-16-13-7-3-2-6-12(10-11-13)14-8-4-5-9-15(14)16/h2-9,12-13H,1H3/b6-2-,7-3-. The molecule has 0 fully saturated rings. The first-order valence-electron chi connectivity index (χ1n) is 5.54. The number of anilines is 1. The van der Waals surface area contributed by atoms with Gasteiger partial charge in [0.05, 0.1) is 5.92 Å². The van der Waals surface area contributed by atoms with E-state index in [4.69, 9.17) is 0 Å². The molecular weight excluding hydrogens is 194 g/mol. The fourth-order valence-corrected chi connectivity index (χ4v) is 2.24. The van der Waals surface area contributed by atoms with Crippen LogP contribution in [0.2, 0.25) is 0 Å². The third-order valence-electron chi connectivity index (χ3n) is 3.16. The van der Waals surface area contributed by atoms with Gasteiger partial charge in [0.15, 0.2) is 0 Å². The van der Waals surface area contributed by atoms with Crippen molar-refractivity contribution in [1.82, 2.24) is 0 Å². The van der Waals surface area contributed by atoms with Crippen molar-refractivity contribution in [2.75, 3.05) is 11.9 Å². The maximum absolute atomic E-state index is 3.34. The van der Waals surface area contributed by atoms with Crippen molar-refractivity contribution >= 4 is 5.69 Å². The summed E-state index contributed by atoms with van der Waals surface area (Å²) < 4.78 is 0. The smallest absolute Gasteiger partial charge is 0.109 e. The zero-order valence-corrected chi connectivity index (χ0v) is 9.22. The van der Waals surface area contributed by atoms with Crippen LogP contribution in [0.5, 0.6) is 0 Å². The van der Waals surface area contributed by atoms with Gasteiger partial charge in [0, 0.05) is 12.7 Å². The first kappa shape index (κ1) is 9.30. The second-order valence-corrected chi connectivity index (χ2v) is 4.15. The first-order valence-corrected chi connectivity index (χ1v) is 5.54. The molecule has 0 aromatic heterocycles. The van der Waals surface area contributed by atoms with E-state index in [1.54, 1.807) is 0 Å². The molecule has 0 saturated heterocycles. The Morgan fingerprint density at radius 3 is 2.81 bits per heavy atom. The molecule has 0 saturated carbocycles. The molecule has 1 heterocycles. The van der Waals surface area contributed by atoms with Crippen LogP contribution in [0.3, 0.4) is 0 Å². The highest BCUT2D eigenvalue weighted by atomic mass is 15.1. The van der Waals surface area contributed by atoms with Crippen LogP contribution >= 0.6 is 0 Å². The van der Waals surface area contributed by atoms with Crippen LogP contribution in [0.15, 0.2) is 48.6 Å². The number of fused-ring (bicyclic) bond motifs is 4. The predicted octanol–water partition coefficient (Wildman–Crippen LogP) is 2.72. The van der Waals surface area contributed by atoms with E-state index in [1.807, 2.05) is 0 Å². The zero-order valence-electron chi connectivity index (χ0n) is 9.22. The van der Waals surface area contributed by atoms with E-state index in [1.165, 1.54) is 11.3 Å². The number of likely N-dealkylation sites (N-methyl/N-ethyl adjacent to an activating group) is 1. The summed E-state index contributed by atoms with van der Waals surface area (Å²) in [4.78, 5) is 2.24. The summed E-state index contributed by atoms with van der Waals surface area (Å²) in [6.07, 6.45) is 8.49. The number of benzene rings is 1. The molecule has 2 aliphatic rings. The van der Waals surface area contributed by atoms with E-state index >= 15 is 0 Å². The summed E-state index contributed by atoms with van der Waals surface area (Å²) in [5.41, 5.74) is 2.58. The summed E-state index contributed by atoms with van der Waals surface area (Å²) in [5, 5.41) is 0. The summed E-state index contributed by atoms with van der Waals surface area (Å²) in [6, 6.07) is 8.69. The predicted molar refractivity (Wildman–Crippen MR) is 67.4 cm³/mol. The molecule has 78 valence electrons. The summed E-state index contributed by atoms with van der Waals surface area (Å²) in [7, 11) is 2.11. The lowest BCUT2D eigenvalue weighted by atomic mass is 9.97. The molecule has 0 radical (unpaired) electrons. The Bertz CT molecular complexity index is 528. The first-order chi connectivity index (χ1) is 7.86. The molecule has 0 amide bonds. The molecule has 1 heteroatoms. The average molecular weight is 207 g/mol. The topological polar surface area (TPSA) is 3.24 Å². The molecule has 1 nitrogen and oxygen atoms in total. The normalized spacial score (nSPS) is 29.2. The minimum Gasteiger partial charge on any atom is -0.357 e. The molecule has 0 spiro atoms. The van der Waals surface area contributed by atoms with Crippen LogP contribution in [-0.4, -0.2) is 13.1 Å². The van der Waals surface area contributed by atoms with Gasteiger partial charge in [-0.2, -0.15) is 0 Å². The third kappa shape index (κ3) is 1.35. The minimum atomic E-state index is 0.191. The molecule has 2 unspecified atom stereocenters. The molecule has 2 atom stereocenters. The Kier molecular flexibility index (Phi) is 2.08. The molecule has 0 N–H and O–H groups in total. The Labute approximate surface area is 96.1 Å². The molecule has 1 aliphatic carbocycles. The van der Waals surface area contributed by atoms with Gasteiger partial charge in [0.25, 0.3) is 0 Å². The average Bonchev–Trinajstić information content (AvgIpc) is 2.36. The van der Waals surface area contributed by atoms with Gasteiger partial charge in [0.1, 0.15) is 6.04 Å². The molecule has 1 aromatic rings. The number of allylic oxidation sites excluding steroid dienone is 3. The van der Waals surface area contributed by atoms with Gasteiger partial charge < -0.3 is 4.90 Å². The monoisotopic (exact) mass is 207 g/mol. The molecule has 1 aliphatic heterocycles. The van der Waals surface area contributed by atoms with Gasteiger partial charge in [-0.05, 0) is 11.6 Å². The van der Waals surface area contributed by atoms with Crippen molar-refractivity contribution in [3.05, 3.63) is 54.1 Å². The van der Waals surface area contributed by atoms with Crippen molar-refractivity contribution < 1.29 is 0 Å². The maximum Gasteiger partial charge on any atom is 0.109 e. The molecular formula is C15H13N. The Morgan fingerprint density at radius 1 is 1.06 bits per heavy atom. The van der Waals surface area contributed by atoms with E-state index in [0.29, 0.717) is 0 Å². The minimum absolute atomic E-state index is 0.191. The fraction of sp³-hybridized carbons (Fsp3) is 0.200. The molecule has 16 heavy (non-hydrogen) atoms. The summed E-state index contributed by atoms with van der Waals surface area (Å²) in [6.45, 7) is 0. The van der Waals surface area contributed by atoms with E-state index in [9.17, 15) is 0 Å². The van der Waals surface area contributed by atoms with Gasteiger partial charge in [0.2, 0.25) is 0 Å². The van der Waals surface area contributed by atoms with Crippen LogP contribution in [0, 0.1) is 11.8 Å². The van der Waals surface area contributed by atoms with Crippen LogP contribution in [0.25, 0.3) is 0 Å². The van der Waals surface area contributed by atoms with Crippen LogP contribution < -0.4 is 4.90 Å². The van der Waals surface area contributed by atoms with E-state index in [-0.39, 0.29) is 12.0 Å². The van der Waals surface area contributed by atoms with Gasteiger partial charge >= 0.3 is 0 Å². The van der Waals surface area contributed by atoms with Gasteiger partial charge in [-0.3, -0.25) is 0 Å². The van der Waals surface area contributed by atoms with Crippen molar-refractivity contribution in [1.29, 1.82) is 0 Å². The highest BCUT2D eigenvalue weighted by Crippen LogP contribution is 2.31. The lowest BCUT2D eigenvalue weighted by Gasteiger charge is -2.24. The highest BCUT2D eigenvalue weighted by molar-refractivity contribution is 5.63. The molecule has 3 rings (SSSR count). The Hall–Kier alpha value is -1.94. The van der Waals surface area contributed by atoms with Crippen LogP contribution in [0.1, 0.15) is 11.5 Å². The van der Waals surface area contributed by atoms with Gasteiger partial charge in [-0.1, -0.05) is 54.3 Å². The van der Waals surface area contributed by atoms with E-state index in [2.05, 4.69) is 72.4 Å². The fourth-order valence-electron chi connectivity index (χ4n) is 2.24. The van der Waals surface area contributed by atoms with Crippen molar-refractivity contribution in [3.63, 3.8) is 0 Å². The zero-order chi connectivity index (χ0) is 11.0. The number of hydrogen-bond acceptors (Lipinski definition) is 1. The number of hydrogen-bond donors (Lipinski definition) is 0. The van der Waals surface area contributed by atoms with Crippen molar-refractivity contribution in [2.24, 2.45) is 0 Å². The number of nitrogens with zero attached hydrogens (tertiary/aromatic N) is 1. The number of rotatable bonds is 0. The van der Waals surface area contributed by atoms with Gasteiger partial charge in [-0.25, -0.2) is 0 Å². The molecule has 2 bridgehead atoms. The van der Waals surface area contributed by atoms with Crippen LogP contribution in [-0.2, 0) is 0 Å². The lowest BCUT2D eigenvalue weighted by molar-refractivity contribution is 0.915. The summed E-state index contributed by atoms with van der Waals surface area (Å²) >= 11 is 0. The summed E-state index contributed by atoms with van der Waals surface area (Å²) in [5.74, 6) is 6.89. The van der Waals surface area contributed by atoms with Crippen molar-refractivity contribution in [2.45, 2.75) is 12.0 Å². The maximum atomic E-state index is 3.34. The highest BCUT2D eigenvalue weighted by Gasteiger charge is 2.20. The SMILES string of the molecule is CN1c2ccccc2C2C#CC1/C=C\C=C/2.